The van der Waals surface area contributed by atoms with E-state index in [0.717, 1.165) is 5.76 Å². The fraction of sp³-hybridized carbons (Fsp3) is 0.571. The van der Waals surface area contributed by atoms with Crippen LogP contribution in [0.1, 0.15) is 24.0 Å². The molecule has 0 spiro atoms. The van der Waals surface area contributed by atoms with Gasteiger partial charge in [-0.2, -0.15) is 0 Å². The maximum atomic E-state index is 12.2. The van der Waals surface area contributed by atoms with Crippen LogP contribution in [-0.2, 0) is 9.53 Å². The Morgan fingerprint density at radius 1 is 1.57 bits per heavy atom. The summed E-state index contributed by atoms with van der Waals surface area (Å²) in [4.78, 5) is 24.6. The lowest BCUT2D eigenvalue weighted by molar-refractivity contribution is -0.141. The van der Waals surface area contributed by atoms with Crippen LogP contribution in [0.3, 0.4) is 0 Å². The molecule has 0 aliphatic carbocycles. The van der Waals surface area contributed by atoms with Gasteiger partial charge in [0.05, 0.1) is 12.5 Å². The molecule has 2 amide bonds. The molecule has 1 saturated heterocycles. The first kappa shape index (κ1) is 15.4. The van der Waals surface area contributed by atoms with Crippen molar-refractivity contribution in [3.63, 3.8) is 0 Å². The van der Waals surface area contributed by atoms with Gasteiger partial charge in [-0.15, -0.1) is 0 Å². The van der Waals surface area contributed by atoms with Gasteiger partial charge < -0.3 is 24.5 Å². The quantitative estimate of drug-likeness (QED) is 0.856. The highest BCUT2D eigenvalue weighted by molar-refractivity contribution is 5.77. The highest BCUT2D eigenvalue weighted by Gasteiger charge is 2.32. The summed E-state index contributed by atoms with van der Waals surface area (Å²) in [5.41, 5.74) is 0. The van der Waals surface area contributed by atoms with Crippen molar-refractivity contribution in [1.82, 2.24) is 10.2 Å². The van der Waals surface area contributed by atoms with Crippen molar-refractivity contribution in [1.29, 1.82) is 0 Å². The number of ether oxygens (including phenoxy) is 1. The van der Waals surface area contributed by atoms with Crippen LogP contribution in [0, 0.1) is 12.8 Å². The molecule has 0 saturated carbocycles. The summed E-state index contributed by atoms with van der Waals surface area (Å²) in [6, 6.07) is 2.93. The average Bonchev–Trinajstić information content (AvgIpc) is 3.06. The van der Waals surface area contributed by atoms with Gasteiger partial charge in [-0.25, -0.2) is 4.79 Å². The maximum Gasteiger partial charge on any atom is 0.318 e. The van der Waals surface area contributed by atoms with Crippen LogP contribution in [0.4, 0.5) is 4.79 Å². The highest BCUT2D eigenvalue weighted by atomic mass is 16.5. The first-order valence-electron chi connectivity index (χ1n) is 6.84. The van der Waals surface area contributed by atoms with Crippen molar-refractivity contribution in [3.8, 4) is 0 Å². The Kier molecular flexibility index (Phi) is 4.85. The van der Waals surface area contributed by atoms with E-state index >= 15 is 0 Å². The number of hydrogen-bond donors (Lipinski definition) is 2. The monoisotopic (exact) mass is 296 g/mol. The van der Waals surface area contributed by atoms with E-state index in [1.54, 1.807) is 13.2 Å². The standard InChI is InChI=1S/C14H20N2O5/c1-9-3-4-12(21-9)11(8-20-2)15-14(19)16-6-5-10(7-16)13(17)18/h3-4,10-11H,5-8H2,1-2H3,(H,15,19)(H,17,18). The molecule has 2 atom stereocenters. The van der Waals surface area contributed by atoms with Gasteiger partial charge in [0.2, 0.25) is 0 Å². The maximum absolute atomic E-state index is 12.2. The minimum absolute atomic E-state index is 0.234. The van der Waals surface area contributed by atoms with Crippen LogP contribution >= 0.6 is 0 Å². The zero-order valence-electron chi connectivity index (χ0n) is 12.2. The zero-order chi connectivity index (χ0) is 15.4. The number of carboxylic acids is 1. The van der Waals surface area contributed by atoms with Gasteiger partial charge in [-0.05, 0) is 25.5 Å². The third kappa shape index (κ3) is 3.75. The van der Waals surface area contributed by atoms with Gasteiger partial charge in [-0.1, -0.05) is 0 Å². The van der Waals surface area contributed by atoms with Crippen LogP contribution < -0.4 is 5.32 Å². The summed E-state index contributed by atoms with van der Waals surface area (Å²) in [5.74, 6) is 0.0343. The van der Waals surface area contributed by atoms with Gasteiger partial charge in [0.15, 0.2) is 0 Å². The number of hydrogen-bond acceptors (Lipinski definition) is 4. The number of nitrogens with one attached hydrogen (secondary N) is 1. The molecule has 2 rings (SSSR count). The second-order valence-electron chi connectivity index (χ2n) is 5.18. The Bertz CT molecular complexity index is 513. The van der Waals surface area contributed by atoms with Crippen LogP contribution in [0.25, 0.3) is 0 Å². The van der Waals surface area contributed by atoms with E-state index in [4.69, 9.17) is 14.3 Å². The number of aliphatic carboxylic acids is 1. The van der Waals surface area contributed by atoms with Crippen molar-refractivity contribution < 1.29 is 23.8 Å². The van der Waals surface area contributed by atoms with Crippen molar-refractivity contribution in [2.45, 2.75) is 19.4 Å². The fourth-order valence-electron chi connectivity index (χ4n) is 2.39. The number of nitrogens with zero attached hydrogens (tertiary/aromatic N) is 1. The van der Waals surface area contributed by atoms with Gasteiger partial charge in [0.25, 0.3) is 0 Å². The molecule has 0 radical (unpaired) electrons. The predicted octanol–water partition coefficient (Wildman–Crippen LogP) is 1.39. The summed E-state index contributed by atoms with van der Waals surface area (Å²) in [6.07, 6.45) is 0.484. The smallest absolute Gasteiger partial charge is 0.318 e. The van der Waals surface area contributed by atoms with Crippen molar-refractivity contribution in [2.24, 2.45) is 5.92 Å². The normalized spacial score (nSPS) is 19.5. The molecule has 0 aromatic carbocycles. The topological polar surface area (TPSA) is 92.0 Å². The molecule has 1 aliphatic heterocycles. The van der Waals surface area contributed by atoms with E-state index in [1.165, 1.54) is 4.90 Å². The molecule has 7 heteroatoms. The molecule has 1 fully saturated rings. The second-order valence-corrected chi connectivity index (χ2v) is 5.18. The van der Waals surface area contributed by atoms with Gasteiger partial charge >= 0.3 is 12.0 Å². The fourth-order valence-corrected chi connectivity index (χ4v) is 2.39. The average molecular weight is 296 g/mol. The van der Waals surface area contributed by atoms with E-state index in [0.29, 0.717) is 18.7 Å². The van der Waals surface area contributed by atoms with Crippen molar-refractivity contribution in [2.75, 3.05) is 26.8 Å². The SMILES string of the molecule is COCC(NC(=O)N1CCC(C(=O)O)C1)c1ccc(C)o1. The number of urea groups is 1. The number of carbonyl (C=O) groups is 2. The summed E-state index contributed by atoms with van der Waals surface area (Å²) in [6.45, 7) is 2.79. The van der Waals surface area contributed by atoms with Crippen LogP contribution in [0.15, 0.2) is 16.5 Å². The third-order valence-electron chi connectivity index (χ3n) is 3.56. The second kappa shape index (κ2) is 6.62. The molecule has 1 aromatic heterocycles. The van der Waals surface area contributed by atoms with E-state index in [1.807, 2.05) is 13.0 Å². The lowest BCUT2D eigenvalue weighted by Gasteiger charge is -2.21. The Morgan fingerprint density at radius 2 is 2.33 bits per heavy atom. The lowest BCUT2D eigenvalue weighted by Crippen LogP contribution is -2.41. The Morgan fingerprint density at radius 3 is 2.86 bits per heavy atom. The largest absolute Gasteiger partial charge is 0.481 e. The highest BCUT2D eigenvalue weighted by Crippen LogP contribution is 2.20. The molecule has 7 nitrogen and oxygen atoms in total. The molecule has 21 heavy (non-hydrogen) atoms. The first-order chi connectivity index (χ1) is 10.0. The minimum Gasteiger partial charge on any atom is -0.481 e. The summed E-state index contributed by atoms with van der Waals surface area (Å²) in [7, 11) is 1.55. The third-order valence-corrected chi connectivity index (χ3v) is 3.56. The van der Waals surface area contributed by atoms with Crippen LogP contribution in [0.5, 0.6) is 0 Å². The molecule has 2 heterocycles. The Balaban J connectivity index is 1.97. The predicted molar refractivity (Wildman–Crippen MR) is 73.9 cm³/mol. The van der Waals surface area contributed by atoms with E-state index < -0.39 is 11.9 Å². The number of aryl methyl sites for hydroxylation is 1. The number of carbonyl (C=O) groups excluding carboxylic acids is 1. The van der Waals surface area contributed by atoms with Crippen molar-refractivity contribution in [3.05, 3.63) is 23.7 Å². The minimum atomic E-state index is -0.861. The molecular weight excluding hydrogens is 276 g/mol. The Labute approximate surface area is 122 Å². The number of methoxy groups -OCH3 is 1. The number of rotatable bonds is 5. The molecular formula is C14H20N2O5. The van der Waals surface area contributed by atoms with Gasteiger partial charge in [0.1, 0.15) is 17.6 Å². The molecule has 0 bridgehead atoms. The van der Waals surface area contributed by atoms with Crippen LogP contribution in [-0.4, -0.2) is 48.8 Å². The summed E-state index contributed by atoms with van der Waals surface area (Å²) < 4.78 is 10.6. The van der Waals surface area contributed by atoms with Gasteiger partial charge in [-0.3, -0.25) is 4.79 Å². The zero-order valence-corrected chi connectivity index (χ0v) is 12.2. The number of amides is 2. The molecule has 116 valence electrons. The first-order valence-corrected chi connectivity index (χ1v) is 6.84. The lowest BCUT2D eigenvalue weighted by atomic mass is 10.1. The number of carboxylic acid groups (broad SMARTS) is 1. The van der Waals surface area contributed by atoms with Gasteiger partial charge in [0, 0.05) is 20.2 Å². The van der Waals surface area contributed by atoms with Crippen LogP contribution in [0.2, 0.25) is 0 Å². The summed E-state index contributed by atoms with van der Waals surface area (Å²) >= 11 is 0. The summed E-state index contributed by atoms with van der Waals surface area (Å²) in [5, 5.41) is 11.8. The number of likely N-dealkylation sites (tertiary alicyclic amines) is 1. The Hall–Kier alpha value is -2.02. The van der Waals surface area contributed by atoms with Crippen molar-refractivity contribution >= 4 is 12.0 Å². The molecule has 1 aliphatic rings. The molecule has 2 unspecified atom stereocenters. The van der Waals surface area contributed by atoms with E-state index in [9.17, 15) is 9.59 Å². The number of furan rings is 1. The van der Waals surface area contributed by atoms with E-state index in [-0.39, 0.29) is 25.2 Å². The molecule has 2 N–H and O–H groups in total. The van der Waals surface area contributed by atoms with E-state index in [2.05, 4.69) is 5.32 Å². The molecule has 1 aromatic rings.